The summed E-state index contributed by atoms with van der Waals surface area (Å²) in [7, 11) is 0. The molecule has 104 valence electrons. The van der Waals surface area contributed by atoms with E-state index in [2.05, 4.69) is 0 Å². The van der Waals surface area contributed by atoms with Crippen molar-refractivity contribution in [2.45, 2.75) is 44.6 Å². The standard InChI is InChI=1S/C16H22ClNO/c1-13(14-8-4-2-5-9-14)16(19)18-11-7-3-6-10-15(18)12-17/h2,4-5,8-9,13,15H,3,6-7,10-12H2,1H3. The fraction of sp³-hybridized carbons (Fsp3) is 0.562. The molecule has 2 atom stereocenters. The van der Waals surface area contributed by atoms with E-state index in [1.54, 1.807) is 0 Å². The Morgan fingerprint density at radius 2 is 2.05 bits per heavy atom. The van der Waals surface area contributed by atoms with Crippen molar-refractivity contribution in [3.8, 4) is 0 Å². The van der Waals surface area contributed by atoms with E-state index in [1.165, 1.54) is 12.8 Å². The average molecular weight is 280 g/mol. The zero-order chi connectivity index (χ0) is 13.7. The third-order valence-electron chi connectivity index (χ3n) is 4.01. The van der Waals surface area contributed by atoms with Gasteiger partial charge in [0.05, 0.1) is 5.92 Å². The molecule has 2 rings (SSSR count). The fourth-order valence-electron chi connectivity index (χ4n) is 2.76. The van der Waals surface area contributed by atoms with Crippen LogP contribution in [0.5, 0.6) is 0 Å². The van der Waals surface area contributed by atoms with Gasteiger partial charge in [0.1, 0.15) is 0 Å². The van der Waals surface area contributed by atoms with Gasteiger partial charge in [-0.2, -0.15) is 0 Å². The van der Waals surface area contributed by atoms with E-state index in [-0.39, 0.29) is 17.9 Å². The first kappa shape index (κ1) is 14.4. The molecular weight excluding hydrogens is 258 g/mol. The molecule has 1 heterocycles. The van der Waals surface area contributed by atoms with Crippen molar-refractivity contribution in [3.63, 3.8) is 0 Å². The molecule has 0 saturated carbocycles. The topological polar surface area (TPSA) is 20.3 Å². The third kappa shape index (κ3) is 3.50. The molecule has 0 aliphatic carbocycles. The predicted octanol–water partition coefficient (Wildman–Crippen LogP) is 3.80. The van der Waals surface area contributed by atoms with E-state index in [0.717, 1.165) is 24.9 Å². The number of alkyl halides is 1. The number of amides is 1. The second-order valence-electron chi connectivity index (χ2n) is 5.32. The number of hydrogen-bond acceptors (Lipinski definition) is 1. The van der Waals surface area contributed by atoms with Gasteiger partial charge in [0.25, 0.3) is 0 Å². The van der Waals surface area contributed by atoms with Gasteiger partial charge in [-0.15, -0.1) is 11.6 Å². The average Bonchev–Trinajstić information content (AvgIpc) is 2.71. The Morgan fingerprint density at radius 3 is 2.74 bits per heavy atom. The Kier molecular flexibility index (Phi) is 5.26. The second-order valence-corrected chi connectivity index (χ2v) is 5.63. The minimum Gasteiger partial charge on any atom is -0.338 e. The zero-order valence-electron chi connectivity index (χ0n) is 11.5. The van der Waals surface area contributed by atoms with Gasteiger partial charge in [0, 0.05) is 18.5 Å². The van der Waals surface area contributed by atoms with Crippen molar-refractivity contribution in [2.75, 3.05) is 12.4 Å². The quantitative estimate of drug-likeness (QED) is 0.771. The Morgan fingerprint density at radius 1 is 1.32 bits per heavy atom. The monoisotopic (exact) mass is 279 g/mol. The van der Waals surface area contributed by atoms with Crippen molar-refractivity contribution >= 4 is 17.5 Å². The van der Waals surface area contributed by atoms with Crippen LogP contribution in [0.4, 0.5) is 0 Å². The number of nitrogens with zero attached hydrogens (tertiary/aromatic N) is 1. The highest BCUT2D eigenvalue weighted by Gasteiger charge is 2.28. The van der Waals surface area contributed by atoms with Gasteiger partial charge in [-0.3, -0.25) is 4.79 Å². The van der Waals surface area contributed by atoms with Crippen LogP contribution in [0.2, 0.25) is 0 Å². The molecule has 1 aliphatic heterocycles. The number of carbonyl (C=O) groups excluding carboxylic acids is 1. The van der Waals surface area contributed by atoms with Crippen molar-refractivity contribution in [1.82, 2.24) is 4.90 Å². The predicted molar refractivity (Wildman–Crippen MR) is 79.5 cm³/mol. The molecule has 0 aromatic heterocycles. The summed E-state index contributed by atoms with van der Waals surface area (Å²) in [6.45, 7) is 2.85. The molecule has 19 heavy (non-hydrogen) atoms. The second kappa shape index (κ2) is 6.95. The van der Waals surface area contributed by atoms with Gasteiger partial charge >= 0.3 is 0 Å². The highest BCUT2D eigenvalue weighted by atomic mass is 35.5. The lowest BCUT2D eigenvalue weighted by molar-refractivity contribution is -0.134. The highest BCUT2D eigenvalue weighted by Crippen LogP contribution is 2.24. The van der Waals surface area contributed by atoms with Crippen LogP contribution in [0.1, 0.15) is 44.1 Å². The van der Waals surface area contributed by atoms with Crippen LogP contribution < -0.4 is 0 Å². The zero-order valence-corrected chi connectivity index (χ0v) is 12.3. The molecule has 1 aromatic rings. The van der Waals surface area contributed by atoms with Crippen LogP contribution >= 0.6 is 11.6 Å². The van der Waals surface area contributed by atoms with Gasteiger partial charge in [-0.05, 0) is 25.3 Å². The molecule has 1 aliphatic rings. The van der Waals surface area contributed by atoms with Gasteiger partial charge in [-0.1, -0.05) is 43.2 Å². The van der Waals surface area contributed by atoms with E-state index in [4.69, 9.17) is 11.6 Å². The SMILES string of the molecule is CC(C(=O)N1CCCCCC1CCl)c1ccccc1. The molecular formula is C16H22ClNO. The largest absolute Gasteiger partial charge is 0.338 e. The van der Waals surface area contributed by atoms with Crippen LogP contribution in [0.15, 0.2) is 30.3 Å². The number of likely N-dealkylation sites (tertiary alicyclic amines) is 1. The fourth-order valence-corrected chi connectivity index (χ4v) is 3.08. The molecule has 2 unspecified atom stereocenters. The van der Waals surface area contributed by atoms with Crippen molar-refractivity contribution in [3.05, 3.63) is 35.9 Å². The van der Waals surface area contributed by atoms with Gasteiger partial charge in [-0.25, -0.2) is 0 Å². The maximum Gasteiger partial charge on any atom is 0.230 e. The normalized spacial score (nSPS) is 21.8. The van der Waals surface area contributed by atoms with E-state index < -0.39 is 0 Å². The van der Waals surface area contributed by atoms with Crippen LogP contribution in [-0.4, -0.2) is 29.3 Å². The molecule has 1 aromatic carbocycles. The lowest BCUT2D eigenvalue weighted by Crippen LogP contribution is -2.43. The van der Waals surface area contributed by atoms with Crippen LogP contribution in [0.25, 0.3) is 0 Å². The molecule has 1 fully saturated rings. The Hall–Kier alpha value is -1.02. The third-order valence-corrected chi connectivity index (χ3v) is 4.36. The Balaban J connectivity index is 2.12. The molecule has 0 bridgehead atoms. The number of benzene rings is 1. The summed E-state index contributed by atoms with van der Waals surface area (Å²) in [5.41, 5.74) is 1.09. The summed E-state index contributed by atoms with van der Waals surface area (Å²) >= 11 is 6.05. The van der Waals surface area contributed by atoms with E-state index in [1.807, 2.05) is 42.2 Å². The summed E-state index contributed by atoms with van der Waals surface area (Å²) in [4.78, 5) is 14.7. The molecule has 2 nitrogen and oxygen atoms in total. The summed E-state index contributed by atoms with van der Waals surface area (Å²) in [6, 6.07) is 10.2. The van der Waals surface area contributed by atoms with Gasteiger partial charge < -0.3 is 4.90 Å². The van der Waals surface area contributed by atoms with Crippen LogP contribution in [-0.2, 0) is 4.79 Å². The van der Waals surface area contributed by atoms with Gasteiger partial charge in [0.15, 0.2) is 0 Å². The lowest BCUT2D eigenvalue weighted by atomic mass is 9.99. The Bertz CT molecular complexity index is 406. The molecule has 0 radical (unpaired) electrons. The maximum atomic E-state index is 12.7. The highest BCUT2D eigenvalue weighted by molar-refractivity contribution is 6.18. The Labute approximate surface area is 120 Å². The number of halogens is 1. The number of carbonyl (C=O) groups is 1. The van der Waals surface area contributed by atoms with Crippen molar-refractivity contribution < 1.29 is 4.79 Å². The van der Waals surface area contributed by atoms with Crippen molar-refractivity contribution in [1.29, 1.82) is 0 Å². The minimum atomic E-state index is -0.0787. The maximum absolute atomic E-state index is 12.7. The smallest absolute Gasteiger partial charge is 0.230 e. The lowest BCUT2D eigenvalue weighted by Gasteiger charge is -2.31. The summed E-state index contributed by atoms with van der Waals surface area (Å²) < 4.78 is 0. The van der Waals surface area contributed by atoms with Crippen LogP contribution in [0.3, 0.4) is 0 Å². The van der Waals surface area contributed by atoms with E-state index in [0.29, 0.717) is 5.88 Å². The first-order valence-corrected chi connectivity index (χ1v) is 7.69. The minimum absolute atomic E-state index is 0.0787. The van der Waals surface area contributed by atoms with Crippen LogP contribution in [0, 0.1) is 0 Å². The molecule has 0 N–H and O–H groups in total. The van der Waals surface area contributed by atoms with E-state index >= 15 is 0 Å². The summed E-state index contributed by atoms with van der Waals surface area (Å²) in [5, 5.41) is 0. The first-order chi connectivity index (χ1) is 9.24. The molecule has 0 spiro atoms. The molecule has 1 amide bonds. The molecule has 3 heteroatoms. The van der Waals surface area contributed by atoms with Crippen molar-refractivity contribution in [2.24, 2.45) is 0 Å². The molecule has 1 saturated heterocycles. The summed E-state index contributed by atoms with van der Waals surface area (Å²) in [5.74, 6) is 0.691. The number of hydrogen-bond donors (Lipinski definition) is 0. The van der Waals surface area contributed by atoms with Gasteiger partial charge in [0.2, 0.25) is 5.91 Å². The summed E-state index contributed by atoms with van der Waals surface area (Å²) in [6.07, 6.45) is 4.52. The first-order valence-electron chi connectivity index (χ1n) is 7.15. The number of rotatable bonds is 3. The van der Waals surface area contributed by atoms with E-state index in [9.17, 15) is 4.79 Å².